The summed E-state index contributed by atoms with van der Waals surface area (Å²) < 4.78 is 5.17. The molecule has 0 saturated carbocycles. The first-order valence-corrected chi connectivity index (χ1v) is 25.7. The zero-order valence-electron chi connectivity index (χ0n) is 38.7. The first-order valence-electron chi connectivity index (χ1n) is 24.9. The SMILES string of the molecule is Nc1cc(C2NC(C3=CC(C4C=CC=CC4)CC=C3)=NC(c3cccc(-c4ccccc4)c3)N2)ccc1-n1c2c(c3ccccc31)C=CC1C2C2=C(CCC=C2)N1c1cccc2c1sc1ccccc12. The molecule has 6 atom stereocenters. The van der Waals surface area contributed by atoms with Crippen LogP contribution >= 0.6 is 11.3 Å². The number of nitrogen functional groups attached to an aromatic ring is 1. The number of anilines is 2. The maximum Gasteiger partial charge on any atom is 0.131 e. The second-order valence-electron chi connectivity index (χ2n) is 19.5. The predicted molar refractivity (Wildman–Crippen MR) is 293 cm³/mol. The van der Waals surface area contributed by atoms with Crippen molar-refractivity contribution < 1.29 is 0 Å². The van der Waals surface area contributed by atoms with Crippen LogP contribution in [-0.4, -0.2) is 16.4 Å². The van der Waals surface area contributed by atoms with Crippen LogP contribution < -0.4 is 21.3 Å². The fraction of sp³-hybridized carbons (Fsp3) is 0.159. The standard InChI is InChI=1S/C63H52N6S/c64-51-38-45(63-66-61(43-22-13-20-41(36-43)39-16-3-1-4-17-39)65-62(67-63)44-23-14-21-42(37-44)40-18-5-2-6-19-40)32-34-54(51)69-52-28-10-7-24-46(52)48-33-35-55-58(59(48)69)50-26-8-11-29-53(50)68(55)56-30-15-27-49-47-25-9-12-31-57(47)70-60(49)56/h1-10,12-18,20,22-28,30-38,40,42,55,58,61,63,66H,11,19,21,29,64H2,(H,65,67). The van der Waals surface area contributed by atoms with Crippen molar-refractivity contribution in [2.24, 2.45) is 16.8 Å². The Kier molecular flexibility index (Phi) is 9.88. The molecule has 4 N–H and O–H groups in total. The van der Waals surface area contributed by atoms with Crippen molar-refractivity contribution in [1.29, 1.82) is 0 Å². The number of benzene rings is 6. The molecule has 6 unspecified atom stereocenters. The van der Waals surface area contributed by atoms with E-state index in [1.807, 2.05) is 11.3 Å². The third-order valence-corrected chi connectivity index (χ3v) is 16.7. The number of nitrogens with one attached hydrogen (secondary N) is 2. The quantitative estimate of drug-likeness (QED) is 0.139. The summed E-state index contributed by atoms with van der Waals surface area (Å²) in [5, 5.41) is 11.7. The molecule has 7 heteroatoms. The van der Waals surface area contributed by atoms with Crippen LogP contribution in [0, 0.1) is 11.8 Å². The summed E-state index contributed by atoms with van der Waals surface area (Å²) in [4.78, 5) is 8.12. The monoisotopic (exact) mass is 924 g/mol. The van der Waals surface area contributed by atoms with E-state index in [-0.39, 0.29) is 24.3 Å². The van der Waals surface area contributed by atoms with Gasteiger partial charge in [0, 0.05) is 43.4 Å². The third kappa shape index (κ3) is 6.74. The molecule has 0 fully saturated rings. The number of aliphatic imine (C=N–C) groups is 1. The minimum Gasteiger partial charge on any atom is -0.397 e. The maximum absolute atomic E-state index is 7.44. The summed E-state index contributed by atoms with van der Waals surface area (Å²) in [6.07, 6.45) is 29.2. The molecule has 340 valence electrons. The first kappa shape index (κ1) is 41.3. The second-order valence-corrected chi connectivity index (χ2v) is 20.6. The molecule has 0 bridgehead atoms. The molecule has 4 aliphatic carbocycles. The number of nitrogens with two attached hydrogens (primary N) is 1. The fourth-order valence-electron chi connectivity index (χ4n) is 12.3. The molecule has 70 heavy (non-hydrogen) atoms. The number of thiophene rings is 1. The van der Waals surface area contributed by atoms with Crippen LogP contribution in [0.15, 0.2) is 222 Å². The highest BCUT2D eigenvalue weighted by atomic mass is 32.1. The van der Waals surface area contributed by atoms with Gasteiger partial charge in [-0.1, -0.05) is 170 Å². The topological polar surface area (TPSA) is 70.6 Å². The van der Waals surface area contributed by atoms with Gasteiger partial charge in [-0.3, -0.25) is 5.32 Å². The molecule has 0 spiro atoms. The molecular weight excluding hydrogens is 873 g/mol. The number of rotatable bonds is 7. The number of para-hydroxylation sites is 1. The summed E-state index contributed by atoms with van der Waals surface area (Å²) in [5.74, 6) is 1.87. The Bertz CT molecular complexity index is 3690. The summed E-state index contributed by atoms with van der Waals surface area (Å²) in [6, 6.07) is 50.8. The highest BCUT2D eigenvalue weighted by molar-refractivity contribution is 7.26. The molecule has 2 aromatic heterocycles. The average Bonchev–Trinajstić information content (AvgIpc) is 4.09. The van der Waals surface area contributed by atoms with Crippen LogP contribution in [0.25, 0.3) is 54.0 Å². The fourth-order valence-corrected chi connectivity index (χ4v) is 13.5. The maximum atomic E-state index is 7.44. The number of hydrogen-bond donors (Lipinski definition) is 3. The van der Waals surface area contributed by atoms with E-state index >= 15 is 0 Å². The van der Waals surface area contributed by atoms with Gasteiger partial charge in [0.2, 0.25) is 0 Å². The second kappa shape index (κ2) is 16.8. The molecule has 14 rings (SSSR count). The van der Waals surface area contributed by atoms with Crippen LogP contribution in [0.4, 0.5) is 11.4 Å². The van der Waals surface area contributed by atoms with Gasteiger partial charge in [-0.05, 0) is 102 Å². The van der Waals surface area contributed by atoms with E-state index in [1.54, 1.807) is 0 Å². The Morgan fingerprint density at radius 2 is 1.49 bits per heavy atom. The molecule has 0 radical (unpaired) electrons. The van der Waals surface area contributed by atoms with Crippen molar-refractivity contribution in [3.8, 4) is 16.8 Å². The number of fused-ring (bicyclic) bond motifs is 9. The lowest BCUT2D eigenvalue weighted by atomic mass is 9.81. The molecule has 6 aliphatic rings. The third-order valence-electron chi connectivity index (χ3n) is 15.5. The van der Waals surface area contributed by atoms with Crippen LogP contribution in [0.1, 0.15) is 66.3 Å². The first-order chi connectivity index (χ1) is 34.6. The van der Waals surface area contributed by atoms with Gasteiger partial charge in [0.25, 0.3) is 0 Å². The van der Waals surface area contributed by atoms with Crippen LogP contribution in [-0.2, 0) is 0 Å². The molecule has 8 aromatic rings. The van der Waals surface area contributed by atoms with Crippen molar-refractivity contribution in [2.75, 3.05) is 10.6 Å². The number of hydrogen-bond acceptors (Lipinski definition) is 6. The molecule has 0 saturated heterocycles. The Hall–Kier alpha value is -7.71. The van der Waals surface area contributed by atoms with Gasteiger partial charge in [-0.2, -0.15) is 0 Å². The van der Waals surface area contributed by atoms with E-state index in [0.717, 1.165) is 59.6 Å². The Morgan fingerprint density at radius 3 is 2.39 bits per heavy atom. The normalized spacial score (nSPS) is 23.4. The van der Waals surface area contributed by atoms with E-state index in [9.17, 15) is 0 Å². The molecule has 0 amide bonds. The molecule has 4 heterocycles. The van der Waals surface area contributed by atoms with E-state index in [4.69, 9.17) is 10.7 Å². The zero-order chi connectivity index (χ0) is 46.3. The predicted octanol–water partition coefficient (Wildman–Crippen LogP) is 14.8. The van der Waals surface area contributed by atoms with E-state index in [2.05, 4.69) is 226 Å². The summed E-state index contributed by atoms with van der Waals surface area (Å²) in [7, 11) is 0. The number of aromatic nitrogens is 1. The Balaban J connectivity index is 0.861. The minimum atomic E-state index is -0.295. The largest absolute Gasteiger partial charge is 0.397 e. The van der Waals surface area contributed by atoms with Crippen molar-refractivity contribution in [2.45, 2.75) is 50.0 Å². The summed E-state index contributed by atoms with van der Waals surface area (Å²) >= 11 is 1.91. The van der Waals surface area contributed by atoms with E-state index < -0.39 is 0 Å². The number of amidine groups is 1. The minimum absolute atomic E-state index is 0.108. The van der Waals surface area contributed by atoms with Crippen molar-refractivity contribution in [1.82, 2.24) is 15.2 Å². The van der Waals surface area contributed by atoms with Gasteiger partial charge in [0.1, 0.15) is 18.2 Å². The van der Waals surface area contributed by atoms with Crippen molar-refractivity contribution in [3.63, 3.8) is 0 Å². The average molecular weight is 925 g/mol. The van der Waals surface area contributed by atoms with Crippen molar-refractivity contribution >= 4 is 65.7 Å². The van der Waals surface area contributed by atoms with Gasteiger partial charge in [0.05, 0.1) is 39.2 Å². The van der Waals surface area contributed by atoms with E-state index in [0.29, 0.717) is 11.8 Å². The van der Waals surface area contributed by atoms with Gasteiger partial charge >= 0.3 is 0 Å². The van der Waals surface area contributed by atoms with Gasteiger partial charge in [-0.15, -0.1) is 11.3 Å². The summed E-state index contributed by atoms with van der Waals surface area (Å²) in [6.45, 7) is 0. The van der Waals surface area contributed by atoms with Crippen LogP contribution in [0.5, 0.6) is 0 Å². The van der Waals surface area contributed by atoms with Gasteiger partial charge in [0.15, 0.2) is 0 Å². The highest BCUT2D eigenvalue weighted by Gasteiger charge is 2.45. The van der Waals surface area contributed by atoms with Gasteiger partial charge < -0.3 is 20.5 Å². The lowest BCUT2D eigenvalue weighted by Crippen LogP contribution is -2.45. The molecular formula is C63H52N6S. The highest BCUT2D eigenvalue weighted by Crippen LogP contribution is 2.55. The Labute approximate surface area is 412 Å². The molecule has 6 nitrogen and oxygen atoms in total. The van der Waals surface area contributed by atoms with Crippen LogP contribution in [0.3, 0.4) is 0 Å². The lowest BCUT2D eigenvalue weighted by Gasteiger charge is -2.34. The molecule has 2 aliphatic heterocycles. The van der Waals surface area contributed by atoms with Gasteiger partial charge in [-0.25, -0.2) is 4.99 Å². The number of nitrogens with zero attached hydrogens (tertiary/aromatic N) is 3. The van der Waals surface area contributed by atoms with Crippen LogP contribution in [0.2, 0.25) is 0 Å². The Morgan fingerprint density at radius 1 is 0.657 bits per heavy atom. The molecule has 6 aromatic carbocycles. The van der Waals surface area contributed by atoms with Crippen molar-refractivity contribution in [3.05, 3.63) is 240 Å². The zero-order valence-corrected chi connectivity index (χ0v) is 39.6. The smallest absolute Gasteiger partial charge is 0.131 e. The number of allylic oxidation sites excluding steroid dienone is 9. The van der Waals surface area contributed by atoms with E-state index in [1.165, 1.54) is 70.4 Å². The summed E-state index contributed by atoms with van der Waals surface area (Å²) in [5.41, 5.74) is 22.7. The lowest BCUT2D eigenvalue weighted by molar-refractivity contribution is 0.408.